The van der Waals surface area contributed by atoms with E-state index in [-0.39, 0.29) is 0 Å². The lowest BCUT2D eigenvalue weighted by molar-refractivity contribution is 0.886. The third-order valence-electron chi connectivity index (χ3n) is 1.62. The van der Waals surface area contributed by atoms with Crippen molar-refractivity contribution in [2.75, 3.05) is 0 Å². The van der Waals surface area contributed by atoms with Gasteiger partial charge >= 0.3 is 0 Å². The van der Waals surface area contributed by atoms with Crippen LogP contribution in [0, 0.1) is 20.8 Å². The van der Waals surface area contributed by atoms with Crippen molar-refractivity contribution >= 4 is 12.6 Å². The van der Waals surface area contributed by atoms with Gasteiger partial charge in [-0.15, -0.1) is 12.6 Å². The molecule has 0 spiro atoms. The normalized spacial score (nSPS) is 10.0. The Hall–Kier alpha value is -0.570. The van der Waals surface area contributed by atoms with E-state index in [2.05, 4.69) is 22.6 Å². The lowest BCUT2D eigenvalue weighted by atomic mass is 10.2. The molecule has 0 saturated carbocycles. The maximum absolute atomic E-state index is 4.09. The Morgan fingerprint density at radius 3 is 1.80 bits per heavy atom. The second kappa shape index (κ2) is 2.58. The molecule has 1 heterocycles. The van der Waals surface area contributed by atoms with E-state index in [0.717, 1.165) is 17.0 Å². The van der Waals surface area contributed by atoms with Crippen LogP contribution in [0.1, 0.15) is 17.0 Å². The number of aryl methyl sites for hydroxylation is 2. The third-order valence-corrected chi connectivity index (χ3v) is 1.82. The number of nitrogens with zero attached hydrogens (tertiary/aromatic N) is 2. The number of hydrogen-bond donors (Lipinski definition) is 1. The predicted molar refractivity (Wildman–Crippen MR) is 43.5 cm³/mol. The Morgan fingerprint density at radius 1 is 1.00 bits per heavy atom. The van der Waals surface area contributed by atoms with Crippen LogP contribution in [0.3, 0.4) is 0 Å². The minimum Gasteiger partial charge on any atom is -0.228 e. The molecule has 0 aliphatic heterocycles. The van der Waals surface area contributed by atoms with Crippen LogP contribution in [0.15, 0.2) is 5.16 Å². The predicted octanol–water partition coefficient (Wildman–Crippen LogP) is 1.69. The van der Waals surface area contributed by atoms with Gasteiger partial charge in [0.25, 0.3) is 0 Å². The van der Waals surface area contributed by atoms with Crippen molar-refractivity contribution in [2.45, 2.75) is 25.9 Å². The molecular formula is C7H10N2S. The molecule has 2 nitrogen and oxygen atoms in total. The maximum atomic E-state index is 4.09. The molecule has 0 fully saturated rings. The monoisotopic (exact) mass is 154 g/mol. The highest BCUT2D eigenvalue weighted by Crippen LogP contribution is 2.09. The molecule has 0 amide bonds. The van der Waals surface area contributed by atoms with Crippen LogP contribution < -0.4 is 0 Å². The fourth-order valence-corrected chi connectivity index (χ4v) is 1.05. The molecule has 1 aromatic heterocycles. The average molecular weight is 154 g/mol. The van der Waals surface area contributed by atoms with Gasteiger partial charge in [-0.25, -0.2) is 9.97 Å². The summed E-state index contributed by atoms with van der Waals surface area (Å²) in [7, 11) is 0. The molecule has 0 aliphatic carbocycles. The van der Waals surface area contributed by atoms with Gasteiger partial charge in [-0.2, -0.15) is 0 Å². The van der Waals surface area contributed by atoms with Crippen molar-refractivity contribution in [3.05, 3.63) is 17.0 Å². The molecular weight excluding hydrogens is 144 g/mol. The van der Waals surface area contributed by atoms with Crippen LogP contribution in [0.5, 0.6) is 0 Å². The summed E-state index contributed by atoms with van der Waals surface area (Å²) in [5, 5.41) is 0.556. The van der Waals surface area contributed by atoms with Crippen molar-refractivity contribution in [2.24, 2.45) is 0 Å². The Bertz CT molecular complexity index is 235. The molecule has 0 aliphatic rings. The first kappa shape index (κ1) is 7.54. The van der Waals surface area contributed by atoms with Crippen molar-refractivity contribution in [3.8, 4) is 0 Å². The lowest BCUT2D eigenvalue weighted by Crippen LogP contribution is -1.95. The van der Waals surface area contributed by atoms with Gasteiger partial charge in [0.2, 0.25) is 0 Å². The summed E-state index contributed by atoms with van der Waals surface area (Å²) in [6, 6.07) is 0. The Kier molecular flexibility index (Phi) is 1.94. The molecule has 1 aromatic rings. The maximum Gasteiger partial charge on any atom is 0.184 e. The third kappa shape index (κ3) is 1.29. The molecule has 54 valence electrons. The molecule has 0 bridgehead atoms. The van der Waals surface area contributed by atoms with Crippen LogP contribution >= 0.6 is 12.6 Å². The number of thiol groups is 1. The molecule has 0 unspecified atom stereocenters. The summed E-state index contributed by atoms with van der Waals surface area (Å²) in [6.07, 6.45) is 0. The van der Waals surface area contributed by atoms with E-state index in [9.17, 15) is 0 Å². The topological polar surface area (TPSA) is 25.8 Å². The summed E-state index contributed by atoms with van der Waals surface area (Å²) in [5.74, 6) is 0. The molecule has 0 atom stereocenters. The quantitative estimate of drug-likeness (QED) is 0.454. The van der Waals surface area contributed by atoms with E-state index in [1.54, 1.807) is 0 Å². The van der Waals surface area contributed by atoms with Gasteiger partial charge in [0.15, 0.2) is 5.16 Å². The minimum atomic E-state index is 0.556. The summed E-state index contributed by atoms with van der Waals surface area (Å²) in [4.78, 5) is 8.17. The van der Waals surface area contributed by atoms with Crippen LogP contribution in [0.4, 0.5) is 0 Å². The Balaban J connectivity index is 3.31. The van der Waals surface area contributed by atoms with Gasteiger partial charge in [-0.05, 0) is 26.3 Å². The summed E-state index contributed by atoms with van der Waals surface area (Å²) >= 11 is 4.05. The zero-order valence-electron chi connectivity index (χ0n) is 6.34. The second-order valence-corrected chi connectivity index (χ2v) is 2.72. The number of rotatable bonds is 0. The first-order valence-electron chi connectivity index (χ1n) is 3.12. The summed E-state index contributed by atoms with van der Waals surface area (Å²) < 4.78 is 0. The zero-order valence-corrected chi connectivity index (χ0v) is 7.24. The van der Waals surface area contributed by atoms with Crippen molar-refractivity contribution in [3.63, 3.8) is 0 Å². The standard InChI is InChI=1S/C7H10N2S/c1-4-5(2)8-7(10)9-6(4)3/h1-3H3,(H,8,9,10). The van der Waals surface area contributed by atoms with Gasteiger partial charge in [0, 0.05) is 11.4 Å². The van der Waals surface area contributed by atoms with Crippen molar-refractivity contribution < 1.29 is 0 Å². The Labute approximate surface area is 66.1 Å². The lowest BCUT2D eigenvalue weighted by Gasteiger charge is -2.01. The minimum absolute atomic E-state index is 0.556. The van der Waals surface area contributed by atoms with Gasteiger partial charge in [0.05, 0.1) is 0 Å². The average Bonchev–Trinajstić information content (AvgIpc) is 1.82. The first-order valence-corrected chi connectivity index (χ1v) is 3.57. The van der Waals surface area contributed by atoms with Crippen LogP contribution in [-0.4, -0.2) is 9.97 Å². The highest BCUT2D eigenvalue weighted by Gasteiger charge is 1.99. The van der Waals surface area contributed by atoms with Gasteiger partial charge < -0.3 is 0 Å². The van der Waals surface area contributed by atoms with E-state index in [0.29, 0.717) is 5.16 Å². The van der Waals surface area contributed by atoms with E-state index < -0.39 is 0 Å². The fraction of sp³-hybridized carbons (Fsp3) is 0.429. The molecule has 10 heavy (non-hydrogen) atoms. The summed E-state index contributed by atoms with van der Waals surface area (Å²) in [6.45, 7) is 5.94. The first-order chi connectivity index (χ1) is 4.61. The van der Waals surface area contributed by atoms with E-state index in [1.807, 2.05) is 20.8 Å². The van der Waals surface area contributed by atoms with E-state index in [1.165, 1.54) is 0 Å². The number of aromatic nitrogens is 2. The van der Waals surface area contributed by atoms with E-state index in [4.69, 9.17) is 0 Å². The van der Waals surface area contributed by atoms with Crippen LogP contribution in [0.25, 0.3) is 0 Å². The van der Waals surface area contributed by atoms with Crippen LogP contribution in [0.2, 0.25) is 0 Å². The van der Waals surface area contributed by atoms with Crippen LogP contribution in [-0.2, 0) is 0 Å². The van der Waals surface area contributed by atoms with E-state index >= 15 is 0 Å². The fourth-order valence-electron chi connectivity index (χ4n) is 0.755. The molecule has 0 radical (unpaired) electrons. The molecule has 3 heteroatoms. The zero-order chi connectivity index (χ0) is 7.72. The largest absolute Gasteiger partial charge is 0.228 e. The molecule has 0 aromatic carbocycles. The van der Waals surface area contributed by atoms with Gasteiger partial charge in [-0.1, -0.05) is 0 Å². The Morgan fingerprint density at radius 2 is 1.40 bits per heavy atom. The smallest absolute Gasteiger partial charge is 0.184 e. The van der Waals surface area contributed by atoms with Crippen molar-refractivity contribution in [1.82, 2.24) is 9.97 Å². The highest BCUT2D eigenvalue weighted by molar-refractivity contribution is 7.80. The van der Waals surface area contributed by atoms with Gasteiger partial charge in [0.1, 0.15) is 0 Å². The second-order valence-electron chi connectivity index (χ2n) is 2.32. The van der Waals surface area contributed by atoms with Crippen molar-refractivity contribution in [1.29, 1.82) is 0 Å². The molecule has 1 rings (SSSR count). The number of hydrogen-bond acceptors (Lipinski definition) is 3. The highest BCUT2D eigenvalue weighted by atomic mass is 32.1. The summed E-state index contributed by atoms with van der Waals surface area (Å²) in [5.41, 5.74) is 3.17. The SMILES string of the molecule is Cc1nc(S)nc(C)c1C. The van der Waals surface area contributed by atoms with Gasteiger partial charge in [-0.3, -0.25) is 0 Å². The molecule has 0 saturated heterocycles. The molecule has 0 N–H and O–H groups in total.